The molecule has 0 heterocycles. The summed E-state index contributed by atoms with van der Waals surface area (Å²) >= 11 is 0. The van der Waals surface area contributed by atoms with Gasteiger partial charge in [0.15, 0.2) is 0 Å². The minimum atomic E-state index is -0.764. The Balaban J connectivity index is 1.80. The van der Waals surface area contributed by atoms with Crippen molar-refractivity contribution in [1.82, 2.24) is 5.32 Å². The molecule has 1 amide bonds. The van der Waals surface area contributed by atoms with Gasteiger partial charge in [-0.3, -0.25) is 9.59 Å². The SMILES string of the molecule is CCCOCCC(=O)NC1C2CCC(C2)C1C(=O)O. The normalized spacial score (nSPS) is 32.5. The molecule has 0 spiro atoms. The summed E-state index contributed by atoms with van der Waals surface area (Å²) in [6.45, 7) is 3.10. The van der Waals surface area contributed by atoms with E-state index < -0.39 is 5.97 Å². The first-order valence-corrected chi connectivity index (χ1v) is 7.23. The standard InChI is InChI=1S/C14H23NO4/c1-2-6-19-7-5-11(16)15-13-10-4-3-9(8-10)12(13)14(17)18/h9-10,12-13H,2-8H2,1H3,(H,15,16)(H,17,18). The number of ether oxygens (including phenoxy) is 1. The lowest BCUT2D eigenvalue weighted by atomic mass is 9.84. The third kappa shape index (κ3) is 3.26. The maximum atomic E-state index is 11.8. The molecule has 0 radical (unpaired) electrons. The van der Waals surface area contributed by atoms with Crippen LogP contribution < -0.4 is 5.32 Å². The van der Waals surface area contributed by atoms with Crippen molar-refractivity contribution in [3.05, 3.63) is 0 Å². The number of rotatable bonds is 7. The molecule has 2 N–H and O–H groups in total. The molecule has 0 saturated heterocycles. The van der Waals surface area contributed by atoms with Gasteiger partial charge in [0.1, 0.15) is 0 Å². The van der Waals surface area contributed by atoms with Crippen molar-refractivity contribution >= 4 is 11.9 Å². The molecule has 0 aliphatic heterocycles. The smallest absolute Gasteiger partial charge is 0.308 e. The molecule has 0 aromatic rings. The zero-order valence-electron chi connectivity index (χ0n) is 11.4. The van der Waals surface area contributed by atoms with E-state index in [4.69, 9.17) is 4.74 Å². The fraction of sp³-hybridized carbons (Fsp3) is 0.857. The van der Waals surface area contributed by atoms with Crippen LogP contribution in [0.5, 0.6) is 0 Å². The summed E-state index contributed by atoms with van der Waals surface area (Å²) in [5.41, 5.74) is 0. The van der Waals surface area contributed by atoms with Crippen molar-refractivity contribution in [3.8, 4) is 0 Å². The van der Waals surface area contributed by atoms with Crippen LogP contribution in [-0.4, -0.2) is 36.2 Å². The lowest BCUT2D eigenvalue weighted by Crippen LogP contribution is -2.47. The van der Waals surface area contributed by atoms with Crippen LogP contribution in [0, 0.1) is 17.8 Å². The summed E-state index contributed by atoms with van der Waals surface area (Å²) in [4.78, 5) is 23.1. The van der Waals surface area contributed by atoms with E-state index in [1.807, 2.05) is 6.92 Å². The molecule has 5 nitrogen and oxygen atoms in total. The van der Waals surface area contributed by atoms with Gasteiger partial charge in [-0.05, 0) is 37.5 Å². The molecule has 0 aromatic heterocycles. The van der Waals surface area contributed by atoms with E-state index in [0.29, 0.717) is 25.6 Å². The van der Waals surface area contributed by atoms with Gasteiger partial charge in [-0.25, -0.2) is 0 Å². The summed E-state index contributed by atoms with van der Waals surface area (Å²) in [5, 5.41) is 12.2. The van der Waals surface area contributed by atoms with Crippen LogP contribution in [0.3, 0.4) is 0 Å². The number of hydrogen-bond acceptors (Lipinski definition) is 3. The van der Waals surface area contributed by atoms with Gasteiger partial charge in [-0.1, -0.05) is 6.92 Å². The van der Waals surface area contributed by atoms with Crippen LogP contribution in [-0.2, 0) is 14.3 Å². The lowest BCUT2D eigenvalue weighted by molar-refractivity contribution is -0.144. The molecule has 2 fully saturated rings. The summed E-state index contributed by atoms with van der Waals surface area (Å²) in [6, 6.07) is -0.171. The van der Waals surface area contributed by atoms with Crippen LogP contribution in [0.25, 0.3) is 0 Å². The molecule has 4 unspecified atom stereocenters. The number of carboxylic acid groups (broad SMARTS) is 1. The monoisotopic (exact) mass is 269 g/mol. The van der Waals surface area contributed by atoms with Gasteiger partial charge in [0.25, 0.3) is 0 Å². The highest BCUT2D eigenvalue weighted by atomic mass is 16.5. The minimum Gasteiger partial charge on any atom is -0.481 e. The van der Waals surface area contributed by atoms with Crippen molar-refractivity contribution in [2.24, 2.45) is 17.8 Å². The quantitative estimate of drug-likeness (QED) is 0.685. The van der Waals surface area contributed by atoms with Crippen molar-refractivity contribution < 1.29 is 19.4 Å². The third-order valence-corrected chi connectivity index (χ3v) is 4.35. The highest BCUT2D eigenvalue weighted by Crippen LogP contribution is 2.48. The molecule has 4 atom stereocenters. The Morgan fingerprint density at radius 3 is 2.68 bits per heavy atom. The molecule has 19 heavy (non-hydrogen) atoms. The molecular formula is C14H23NO4. The molecule has 108 valence electrons. The zero-order valence-corrected chi connectivity index (χ0v) is 11.4. The van der Waals surface area contributed by atoms with Crippen LogP contribution in [0.15, 0.2) is 0 Å². The topological polar surface area (TPSA) is 75.6 Å². The first-order valence-electron chi connectivity index (χ1n) is 7.23. The van der Waals surface area contributed by atoms with Gasteiger partial charge < -0.3 is 15.2 Å². The van der Waals surface area contributed by atoms with Crippen molar-refractivity contribution in [3.63, 3.8) is 0 Å². The summed E-state index contributed by atoms with van der Waals surface area (Å²) in [6.07, 6.45) is 4.25. The zero-order chi connectivity index (χ0) is 13.8. The van der Waals surface area contributed by atoms with Crippen LogP contribution in [0.4, 0.5) is 0 Å². The van der Waals surface area contributed by atoms with Gasteiger partial charge in [-0.15, -0.1) is 0 Å². The fourth-order valence-electron chi connectivity index (χ4n) is 3.52. The van der Waals surface area contributed by atoms with Gasteiger partial charge >= 0.3 is 5.97 Å². The lowest BCUT2D eigenvalue weighted by Gasteiger charge is -2.28. The summed E-state index contributed by atoms with van der Waals surface area (Å²) in [5.74, 6) is -0.630. The van der Waals surface area contributed by atoms with Crippen molar-refractivity contribution in [2.75, 3.05) is 13.2 Å². The Hall–Kier alpha value is -1.10. The highest BCUT2D eigenvalue weighted by molar-refractivity contribution is 5.78. The number of amides is 1. The maximum Gasteiger partial charge on any atom is 0.308 e. The van der Waals surface area contributed by atoms with E-state index in [1.54, 1.807) is 0 Å². The Morgan fingerprint density at radius 1 is 1.26 bits per heavy atom. The molecule has 5 heteroatoms. The van der Waals surface area contributed by atoms with E-state index in [2.05, 4.69) is 5.32 Å². The number of nitrogens with one attached hydrogen (secondary N) is 1. The van der Waals surface area contributed by atoms with Crippen molar-refractivity contribution in [1.29, 1.82) is 0 Å². The number of hydrogen-bond donors (Lipinski definition) is 2. The predicted molar refractivity (Wildman–Crippen MR) is 69.6 cm³/mol. The van der Waals surface area contributed by atoms with Gasteiger partial charge in [0.05, 0.1) is 12.5 Å². The fourth-order valence-corrected chi connectivity index (χ4v) is 3.52. The molecule has 0 aromatic carbocycles. The average Bonchev–Trinajstić information content (AvgIpc) is 2.95. The number of carbonyl (C=O) groups is 2. The van der Waals surface area contributed by atoms with Crippen molar-refractivity contribution in [2.45, 2.75) is 45.1 Å². The largest absolute Gasteiger partial charge is 0.481 e. The molecule has 2 aliphatic carbocycles. The molecule has 2 aliphatic rings. The van der Waals surface area contributed by atoms with E-state index in [1.165, 1.54) is 0 Å². The van der Waals surface area contributed by atoms with Crippen LogP contribution in [0.2, 0.25) is 0 Å². The minimum absolute atomic E-state index is 0.0834. The number of aliphatic carboxylic acids is 1. The molecule has 2 bridgehead atoms. The average molecular weight is 269 g/mol. The number of carbonyl (C=O) groups excluding carboxylic acids is 1. The second kappa shape index (κ2) is 6.37. The van der Waals surface area contributed by atoms with E-state index in [9.17, 15) is 14.7 Å². The van der Waals surface area contributed by atoms with E-state index in [-0.39, 0.29) is 23.8 Å². The molecular weight excluding hydrogens is 246 g/mol. The summed E-state index contributed by atoms with van der Waals surface area (Å²) < 4.78 is 5.28. The Kier molecular flexibility index (Phi) is 4.80. The Morgan fingerprint density at radius 2 is 2.00 bits per heavy atom. The van der Waals surface area contributed by atoms with E-state index >= 15 is 0 Å². The second-order valence-electron chi connectivity index (χ2n) is 5.65. The number of fused-ring (bicyclic) bond motifs is 2. The molecule has 2 rings (SSSR count). The Bertz CT molecular complexity index is 344. The Labute approximate surface area is 113 Å². The third-order valence-electron chi connectivity index (χ3n) is 4.35. The van der Waals surface area contributed by atoms with Crippen LogP contribution in [0.1, 0.15) is 39.0 Å². The first kappa shape index (κ1) is 14.3. The highest BCUT2D eigenvalue weighted by Gasteiger charge is 2.51. The predicted octanol–water partition coefficient (Wildman–Crippen LogP) is 1.42. The molecule has 2 saturated carbocycles. The number of carboxylic acids is 1. The van der Waals surface area contributed by atoms with Gasteiger partial charge in [-0.2, -0.15) is 0 Å². The first-order chi connectivity index (χ1) is 9.13. The van der Waals surface area contributed by atoms with Gasteiger partial charge in [0.2, 0.25) is 5.91 Å². The van der Waals surface area contributed by atoms with Gasteiger partial charge in [0, 0.05) is 19.1 Å². The summed E-state index contributed by atoms with van der Waals surface area (Å²) in [7, 11) is 0. The van der Waals surface area contributed by atoms with E-state index in [0.717, 1.165) is 25.7 Å². The second-order valence-corrected chi connectivity index (χ2v) is 5.65. The maximum absolute atomic E-state index is 11.8. The van der Waals surface area contributed by atoms with Crippen LogP contribution >= 0.6 is 0 Å².